The molecule has 0 radical (unpaired) electrons. The van der Waals surface area contributed by atoms with Gasteiger partial charge in [-0.25, -0.2) is 9.78 Å². The monoisotopic (exact) mass is 449 g/mol. The van der Waals surface area contributed by atoms with E-state index in [0.29, 0.717) is 10.7 Å². The molecule has 2 heterocycles. The van der Waals surface area contributed by atoms with Crippen LogP contribution in [0, 0.1) is 0 Å². The van der Waals surface area contributed by atoms with Gasteiger partial charge in [-0.1, -0.05) is 25.4 Å². The van der Waals surface area contributed by atoms with Gasteiger partial charge in [0.2, 0.25) is 5.75 Å². The Hall–Kier alpha value is -3.20. The number of nitrogens with zero attached hydrogens (tertiary/aromatic N) is 2. The van der Waals surface area contributed by atoms with E-state index in [1.807, 2.05) is 6.92 Å². The molecule has 1 amide bonds. The average Bonchev–Trinajstić information content (AvgIpc) is 2.77. The molecular formula is C21H24ClN3O6. The number of methoxy groups -OCH3 is 1. The van der Waals surface area contributed by atoms with Crippen molar-refractivity contribution in [3.63, 3.8) is 0 Å². The molecule has 0 saturated heterocycles. The number of amides is 1. The minimum absolute atomic E-state index is 0.0343. The molecule has 0 aliphatic rings. The van der Waals surface area contributed by atoms with Crippen LogP contribution in [0.2, 0.25) is 5.02 Å². The molecule has 2 aromatic rings. The van der Waals surface area contributed by atoms with Crippen LogP contribution in [0.3, 0.4) is 0 Å². The fraction of sp³-hybridized carbons (Fsp3) is 0.381. The number of carbonyl (C=O) groups excluding carboxylic acids is 3. The number of nitrogens with one attached hydrogen (secondary N) is 1. The smallest absolute Gasteiger partial charge is 0.328 e. The quantitative estimate of drug-likeness (QED) is 0.581. The van der Waals surface area contributed by atoms with Crippen LogP contribution >= 0.6 is 11.6 Å². The second-order valence-electron chi connectivity index (χ2n) is 6.62. The predicted octanol–water partition coefficient (Wildman–Crippen LogP) is 2.92. The van der Waals surface area contributed by atoms with E-state index in [0.717, 1.165) is 0 Å². The summed E-state index contributed by atoms with van der Waals surface area (Å²) in [4.78, 5) is 44.9. The van der Waals surface area contributed by atoms with Gasteiger partial charge in [0.1, 0.15) is 6.04 Å². The maximum atomic E-state index is 12.7. The Morgan fingerprint density at radius 3 is 2.55 bits per heavy atom. The van der Waals surface area contributed by atoms with Crippen LogP contribution in [-0.4, -0.2) is 47.6 Å². The van der Waals surface area contributed by atoms with Crippen molar-refractivity contribution in [3.8, 4) is 11.5 Å². The van der Waals surface area contributed by atoms with E-state index in [-0.39, 0.29) is 36.1 Å². The van der Waals surface area contributed by atoms with Crippen molar-refractivity contribution in [2.24, 2.45) is 0 Å². The summed E-state index contributed by atoms with van der Waals surface area (Å²) in [5.41, 5.74) is 0.422. The molecule has 2 aromatic heterocycles. The van der Waals surface area contributed by atoms with Gasteiger partial charge in [-0.05, 0) is 19.1 Å². The predicted molar refractivity (Wildman–Crippen MR) is 112 cm³/mol. The van der Waals surface area contributed by atoms with Gasteiger partial charge in [0.25, 0.3) is 5.91 Å². The summed E-state index contributed by atoms with van der Waals surface area (Å²) < 4.78 is 15.6. The van der Waals surface area contributed by atoms with Crippen LogP contribution in [0.1, 0.15) is 49.3 Å². The number of carbonyl (C=O) groups is 3. The second kappa shape index (κ2) is 11.3. The molecular weight excluding hydrogens is 426 g/mol. The molecule has 31 heavy (non-hydrogen) atoms. The van der Waals surface area contributed by atoms with Crippen LogP contribution in [0.4, 0.5) is 0 Å². The maximum Gasteiger partial charge on any atom is 0.328 e. The molecule has 9 nitrogen and oxygen atoms in total. The molecule has 2 unspecified atom stereocenters. The topological polar surface area (TPSA) is 117 Å². The fourth-order valence-electron chi connectivity index (χ4n) is 2.53. The van der Waals surface area contributed by atoms with Crippen molar-refractivity contribution in [1.82, 2.24) is 15.3 Å². The van der Waals surface area contributed by atoms with Crippen LogP contribution in [0.5, 0.6) is 11.5 Å². The van der Waals surface area contributed by atoms with Crippen molar-refractivity contribution in [2.45, 2.75) is 39.2 Å². The first kappa shape index (κ1) is 24.1. The van der Waals surface area contributed by atoms with Crippen molar-refractivity contribution in [2.75, 3.05) is 13.7 Å². The zero-order valence-corrected chi connectivity index (χ0v) is 18.4. The molecule has 10 heteroatoms. The first-order valence-corrected chi connectivity index (χ1v) is 9.97. The zero-order chi connectivity index (χ0) is 23.0. The lowest BCUT2D eigenvalue weighted by Gasteiger charge is -2.17. The number of pyridine rings is 2. The minimum atomic E-state index is -0.985. The number of hydrogen-bond acceptors (Lipinski definition) is 8. The summed E-state index contributed by atoms with van der Waals surface area (Å²) in [6, 6.07) is 3.88. The van der Waals surface area contributed by atoms with E-state index in [1.165, 1.54) is 26.3 Å². The van der Waals surface area contributed by atoms with Gasteiger partial charge in [-0.3, -0.25) is 14.6 Å². The van der Waals surface area contributed by atoms with E-state index in [4.69, 9.17) is 25.8 Å². The van der Waals surface area contributed by atoms with Crippen molar-refractivity contribution < 1.29 is 28.6 Å². The van der Waals surface area contributed by atoms with Crippen LogP contribution in [0.25, 0.3) is 0 Å². The fourth-order valence-corrected chi connectivity index (χ4v) is 2.84. The average molecular weight is 450 g/mol. The molecule has 2 rings (SSSR count). The SMILES string of the molecule is CCC(=O)Oc1c(OC)ccnc1C(=O)NC(C)C(=O)OCC(C)c1ncccc1Cl. The molecule has 0 fully saturated rings. The Labute approximate surface area is 185 Å². The molecule has 1 N–H and O–H groups in total. The number of esters is 2. The van der Waals surface area contributed by atoms with Gasteiger partial charge in [-0.15, -0.1) is 0 Å². The molecule has 0 aromatic carbocycles. The molecule has 0 bridgehead atoms. The Kier molecular flexibility index (Phi) is 8.75. The van der Waals surface area contributed by atoms with Gasteiger partial charge >= 0.3 is 11.9 Å². The Balaban J connectivity index is 2.04. The van der Waals surface area contributed by atoms with Gasteiger partial charge in [0, 0.05) is 30.8 Å². The summed E-state index contributed by atoms with van der Waals surface area (Å²) in [6.07, 6.45) is 3.03. The lowest BCUT2D eigenvalue weighted by molar-refractivity contribution is -0.146. The summed E-state index contributed by atoms with van der Waals surface area (Å²) in [5.74, 6) is -2.12. The Morgan fingerprint density at radius 2 is 1.90 bits per heavy atom. The van der Waals surface area contributed by atoms with Gasteiger partial charge < -0.3 is 19.5 Å². The summed E-state index contributed by atoms with van der Waals surface area (Å²) in [6.45, 7) is 4.94. The highest BCUT2D eigenvalue weighted by Crippen LogP contribution is 2.30. The van der Waals surface area contributed by atoms with Crippen molar-refractivity contribution in [3.05, 3.63) is 47.0 Å². The highest BCUT2D eigenvalue weighted by atomic mass is 35.5. The second-order valence-corrected chi connectivity index (χ2v) is 7.02. The molecule has 0 spiro atoms. The highest BCUT2D eigenvalue weighted by molar-refractivity contribution is 6.31. The number of halogens is 1. The first-order chi connectivity index (χ1) is 14.8. The number of hydrogen-bond donors (Lipinski definition) is 1. The van der Waals surface area contributed by atoms with Crippen LogP contribution in [-0.2, 0) is 14.3 Å². The molecule has 0 saturated carbocycles. The zero-order valence-electron chi connectivity index (χ0n) is 17.7. The van der Waals surface area contributed by atoms with Gasteiger partial charge in [0.05, 0.1) is 24.4 Å². The van der Waals surface area contributed by atoms with Crippen molar-refractivity contribution >= 4 is 29.4 Å². The van der Waals surface area contributed by atoms with E-state index < -0.39 is 23.9 Å². The van der Waals surface area contributed by atoms with Crippen molar-refractivity contribution in [1.29, 1.82) is 0 Å². The summed E-state index contributed by atoms with van der Waals surface area (Å²) in [5, 5.41) is 2.97. The van der Waals surface area contributed by atoms with E-state index >= 15 is 0 Å². The Morgan fingerprint density at radius 1 is 1.16 bits per heavy atom. The standard InChI is InChI=1S/C21H24ClN3O6/c1-5-16(26)31-19-15(29-4)8-10-24-18(19)20(27)25-13(3)21(28)30-11-12(2)17-14(22)7-6-9-23-17/h6-10,12-13H,5,11H2,1-4H3,(H,25,27). The molecule has 2 atom stereocenters. The number of aromatic nitrogens is 2. The third kappa shape index (κ3) is 6.39. The normalized spacial score (nSPS) is 12.4. The summed E-state index contributed by atoms with van der Waals surface area (Å²) >= 11 is 6.11. The largest absolute Gasteiger partial charge is 0.493 e. The van der Waals surface area contributed by atoms with E-state index in [9.17, 15) is 14.4 Å². The van der Waals surface area contributed by atoms with Gasteiger partial charge in [0.15, 0.2) is 11.4 Å². The minimum Gasteiger partial charge on any atom is -0.493 e. The van der Waals surface area contributed by atoms with E-state index in [2.05, 4.69) is 15.3 Å². The summed E-state index contributed by atoms with van der Waals surface area (Å²) in [7, 11) is 1.37. The molecule has 0 aliphatic carbocycles. The van der Waals surface area contributed by atoms with Crippen LogP contribution < -0.4 is 14.8 Å². The first-order valence-electron chi connectivity index (χ1n) is 9.60. The van der Waals surface area contributed by atoms with Gasteiger partial charge in [-0.2, -0.15) is 0 Å². The third-order valence-corrected chi connectivity index (χ3v) is 4.56. The lowest BCUT2D eigenvalue weighted by atomic mass is 10.1. The molecule has 0 aliphatic heterocycles. The third-order valence-electron chi connectivity index (χ3n) is 4.24. The Bertz CT molecular complexity index is 952. The maximum absolute atomic E-state index is 12.7. The van der Waals surface area contributed by atoms with Crippen LogP contribution in [0.15, 0.2) is 30.6 Å². The van der Waals surface area contributed by atoms with E-state index in [1.54, 1.807) is 25.3 Å². The lowest BCUT2D eigenvalue weighted by Crippen LogP contribution is -2.40. The number of rotatable bonds is 9. The molecule has 166 valence electrons. The highest BCUT2D eigenvalue weighted by Gasteiger charge is 2.25. The number of ether oxygens (including phenoxy) is 3.